The Kier molecular flexibility index (Phi) is 4.29. The summed E-state index contributed by atoms with van der Waals surface area (Å²) in [7, 11) is 0. The van der Waals surface area contributed by atoms with Crippen molar-refractivity contribution in [3.05, 3.63) is 38.1 Å². The highest BCUT2D eigenvalue weighted by Gasteiger charge is 2.09. The Bertz CT molecular complexity index is 781. The van der Waals surface area contributed by atoms with Crippen LogP contribution < -0.4 is 5.32 Å². The molecule has 2 heterocycles. The molecule has 0 spiro atoms. The summed E-state index contributed by atoms with van der Waals surface area (Å²) >= 11 is 7.05. The lowest BCUT2D eigenvalue weighted by atomic mass is 10.2. The number of thioether (sulfide) groups is 1. The normalized spacial score (nSPS) is 10.9. The van der Waals surface area contributed by atoms with Crippen LogP contribution in [0, 0.1) is 2.88 Å². The van der Waals surface area contributed by atoms with Crippen molar-refractivity contribution in [2.45, 2.75) is 4.34 Å². The predicted molar refractivity (Wildman–Crippen MR) is 96.4 cm³/mol. The van der Waals surface area contributed by atoms with E-state index in [4.69, 9.17) is 0 Å². The number of carbonyl (C=O) groups is 1. The maximum Gasteiger partial charge on any atom is 0.256 e. The number of benzene rings is 1. The van der Waals surface area contributed by atoms with Crippen LogP contribution in [0.5, 0.6) is 0 Å². The quantitative estimate of drug-likeness (QED) is 0.471. The van der Waals surface area contributed by atoms with Gasteiger partial charge in [0.05, 0.1) is 18.7 Å². The molecule has 3 rings (SSSR count). The Morgan fingerprint density at radius 3 is 2.95 bits per heavy atom. The van der Waals surface area contributed by atoms with Crippen molar-refractivity contribution in [3.8, 4) is 0 Å². The minimum absolute atomic E-state index is 0.0712. The van der Waals surface area contributed by atoms with Gasteiger partial charge < -0.3 is 5.32 Å². The molecule has 0 saturated heterocycles. The summed E-state index contributed by atoms with van der Waals surface area (Å²) in [6.07, 6.45) is 2.01. The van der Waals surface area contributed by atoms with Gasteiger partial charge in [-0.05, 0) is 53.1 Å². The van der Waals surface area contributed by atoms with Crippen LogP contribution in [0.2, 0.25) is 0 Å². The molecule has 0 radical (unpaired) electrons. The van der Waals surface area contributed by atoms with Crippen molar-refractivity contribution in [2.75, 3.05) is 11.6 Å². The number of carbonyl (C=O) groups excluding carboxylic acids is 1. The van der Waals surface area contributed by atoms with Gasteiger partial charge in [0, 0.05) is 11.1 Å². The topological polar surface area (TPSA) is 42.0 Å². The molecule has 102 valence electrons. The third kappa shape index (κ3) is 3.00. The fourth-order valence-corrected chi connectivity index (χ4v) is 4.56. The van der Waals surface area contributed by atoms with Crippen LogP contribution in [0.1, 0.15) is 10.4 Å². The van der Waals surface area contributed by atoms with Crippen molar-refractivity contribution >= 4 is 78.8 Å². The number of nitrogens with zero attached hydrogens (tertiary/aromatic N) is 1. The fraction of sp³-hybridized carbons (Fsp3) is 0.0769. The number of anilines is 1. The largest absolute Gasteiger partial charge is 0.322 e. The van der Waals surface area contributed by atoms with Crippen molar-refractivity contribution in [1.29, 1.82) is 0 Å². The first-order valence-electron chi connectivity index (χ1n) is 5.65. The molecule has 0 unspecified atom stereocenters. The highest BCUT2D eigenvalue weighted by molar-refractivity contribution is 14.1. The minimum Gasteiger partial charge on any atom is -0.322 e. The summed E-state index contributed by atoms with van der Waals surface area (Å²) in [5, 5.41) is 4.80. The molecule has 1 N–H and O–H groups in total. The molecule has 7 heteroatoms. The zero-order valence-corrected chi connectivity index (χ0v) is 15.0. The van der Waals surface area contributed by atoms with Crippen LogP contribution in [-0.2, 0) is 0 Å². The van der Waals surface area contributed by atoms with Gasteiger partial charge in [0.1, 0.15) is 0 Å². The van der Waals surface area contributed by atoms with E-state index in [0.29, 0.717) is 5.56 Å². The van der Waals surface area contributed by atoms with E-state index in [1.807, 2.05) is 35.9 Å². The number of thiophene rings is 1. The molecule has 3 nitrogen and oxygen atoms in total. The third-order valence-electron chi connectivity index (χ3n) is 2.63. The molecule has 2 aromatic heterocycles. The van der Waals surface area contributed by atoms with Crippen molar-refractivity contribution in [3.63, 3.8) is 0 Å². The van der Waals surface area contributed by atoms with E-state index in [2.05, 4.69) is 32.9 Å². The van der Waals surface area contributed by atoms with Gasteiger partial charge in [-0.25, -0.2) is 4.98 Å². The lowest BCUT2D eigenvalue weighted by Gasteiger charge is -2.03. The Morgan fingerprint density at radius 1 is 1.40 bits per heavy atom. The molecule has 0 saturated carbocycles. The monoisotopic (exact) mass is 432 g/mol. The Hall–Kier alpha value is -0.640. The van der Waals surface area contributed by atoms with E-state index in [1.165, 1.54) is 0 Å². The molecule has 1 aromatic carbocycles. The van der Waals surface area contributed by atoms with E-state index >= 15 is 0 Å². The lowest BCUT2D eigenvalue weighted by Crippen LogP contribution is -2.10. The van der Waals surface area contributed by atoms with Gasteiger partial charge in [-0.15, -0.1) is 22.7 Å². The number of hydrogen-bond acceptors (Lipinski definition) is 5. The third-order valence-corrected chi connectivity index (χ3v) is 6.42. The summed E-state index contributed by atoms with van der Waals surface area (Å²) in [5.41, 5.74) is 2.48. The smallest absolute Gasteiger partial charge is 0.256 e. The van der Waals surface area contributed by atoms with Crippen molar-refractivity contribution in [1.82, 2.24) is 4.98 Å². The number of thiazole rings is 1. The van der Waals surface area contributed by atoms with Crippen LogP contribution in [0.15, 0.2) is 34.0 Å². The highest BCUT2D eigenvalue weighted by Crippen LogP contribution is 2.30. The number of amides is 1. The molecule has 0 bridgehead atoms. The summed E-state index contributed by atoms with van der Waals surface area (Å²) < 4.78 is 3.23. The molecule has 0 atom stereocenters. The van der Waals surface area contributed by atoms with Crippen LogP contribution in [0.25, 0.3) is 10.2 Å². The number of hydrogen-bond donors (Lipinski definition) is 1. The molecule has 0 aliphatic rings. The second kappa shape index (κ2) is 6.00. The van der Waals surface area contributed by atoms with Crippen LogP contribution in [0.3, 0.4) is 0 Å². The Labute approximate surface area is 141 Å². The van der Waals surface area contributed by atoms with E-state index < -0.39 is 0 Å². The second-order valence-electron chi connectivity index (χ2n) is 3.96. The van der Waals surface area contributed by atoms with Gasteiger partial charge in [-0.1, -0.05) is 11.8 Å². The van der Waals surface area contributed by atoms with Crippen LogP contribution >= 0.6 is 57.0 Å². The Balaban J connectivity index is 1.85. The van der Waals surface area contributed by atoms with Gasteiger partial charge in [0.25, 0.3) is 5.91 Å². The highest BCUT2D eigenvalue weighted by atomic mass is 127. The number of fused-ring (bicyclic) bond motifs is 1. The first kappa shape index (κ1) is 14.3. The van der Waals surface area contributed by atoms with E-state index in [0.717, 1.165) is 23.1 Å². The fourth-order valence-electron chi connectivity index (χ4n) is 1.70. The Morgan fingerprint density at radius 2 is 2.25 bits per heavy atom. The van der Waals surface area contributed by atoms with Gasteiger partial charge >= 0.3 is 0 Å². The molecule has 0 aliphatic carbocycles. The molecule has 1 amide bonds. The molecule has 3 aromatic rings. The van der Waals surface area contributed by atoms with Gasteiger partial charge in [0.2, 0.25) is 0 Å². The molecule has 20 heavy (non-hydrogen) atoms. The first-order chi connectivity index (χ1) is 9.65. The maximum absolute atomic E-state index is 12.1. The van der Waals surface area contributed by atoms with Crippen LogP contribution in [0.4, 0.5) is 5.69 Å². The van der Waals surface area contributed by atoms with Gasteiger partial charge in [-0.3, -0.25) is 4.79 Å². The maximum atomic E-state index is 12.1. The van der Waals surface area contributed by atoms with E-state index in [-0.39, 0.29) is 5.91 Å². The summed E-state index contributed by atoms with van der Waals surface area (Å²) in [4.78, 5) is 16.6. The second-order valence-corrected chi connectivity index (χ2v) is 8.85. The van der Waals surface area contributed by atoms with Crippen molar-refractivity contribution in [2.24, 2.45) is 0 Å². The lowest BCUT2D eigenvalue weighted by molar-refractivity contribution is 0.102. The average Bonchev–Trinajstić information content (AvgIpc) is 3.03. The molecule has 0 fully saturated rings. The average molecular weight is 432 g/mol. The van der Waals surface area contributed by atoms with Crippen molar-refractivity contribution < 1.29 is 4.79 Å². The van der Waals surface area contributed by atoms with E-state index in [9.17, 15) is 4.79 Å². The van der Waals surface area contributed by atoms with Crippen LogP contribution in [-0.4, -0.2) is 17.1 Å². The van der Waals surface area contributed by atoms with Gasteiger partial charge in [0.15, 0.2) is 4.34 Å². The molecule has 0 aliphatic heterocycles. The standard InChI is InChI=1S/C13H9IN2OS3/c1-18-13-16-9-3-2-8(5-10(9)20-13)15-12(17)7-4-11(14)19-6-7/h2-6H,1H3,(H,15,17). The molecular formula is C13H9IN2OS3. The minimum atomic E-state index is -0.0712. The van der Waals surface area contributed by atoms with Gasteiger partial charge in [-0.2, -0.15) is 0 Å². The predicted octanol–water partition coefficient (Wildman–Crippen LogP) is 4.94. The number of nitrogens with one attached hydrogen (secondary N) is 1. The zero-order valence-electron chi connectivity index (χ0n) is 10.3. The number of rotatable bonds is 3. The SMILES string of the molecule is CSc1nc2ccc(NC(=O)c3csc(I)c3)cc2s1. The number of aromatic nitrogens is 1. The number of halogens is 1. The summed E-state index contributed by atoms with van der Waals surface area (Å²) in [6.45, 7) is 0. The summed E-state index contributed by atoms with van der Waals surface area (Å²) in [5.74, 6) is -0.0712. The van der Waals surface area contributed by atoms with E-state index in [1.54, 1.807) is 34.4 Å². The zero-order chi connectivity index (χ0) is 14.1. The first-order valence-corrected chi connectivity index (χ1v) is 9.65. The summed E-state index contributed by atoms with van der Waals surface area (Å²) in [6, 6.07) is 7.69. The molecular weight excluding hydrogens is 423 g/mol.